The molecule has 1 amide bonds. The number of nitrogens with zero attached hydrogens (tertiary/aromatic N) is 1. The van der Waals surface area contributed by atoms with Gasteiger partial charge < -0.3 is 5.32 Å². The first-order valence-corrected chi connectivity index (χ1v) is 11.4. The molecule has 1 unspecified atom stereocenters. The van der Waals surface area contributed by atoms with Gasteiger partial charge in [-0.15, -0.1) is 0 Å². The number of hydrogen-bond acceptors (Lipinski definition) is 3. The standard InChI is InChI=1S/C24H25FN2O3S/c1-18-8-14-23(15-9-18)31(29,30)27(22-12-10-21(25)11-13-22)17-24(28)26-16-19(2)20-6-4-3-5-7-20/h3-15,19H,16-17H2,1-2H3,(H,26,28). The first kappa shape index (κ1) is 22.5. The van der Waals surface area contributed by atoms with Crippen LogP contribution in [0.1, 0.15) is 24.0 Å². The molecule has 0 aliphatic rings. The minimum Gasteiger partial charge on any atom is -0.354 e. The Balaban J connectivity index is 1.80. The second-order valence-electron chi connectivity index (χ2n) is 7.42. The number of benzene rings is 3. The Labute approximate surface area is 182 Å². The number of anilines is 1. The van der Waals surface area contributed by atoms with Crippen LogP contribution in [0.25, 0.3) is 0 Å². The fourth-order valence-corrected chi connectivity index (χ4v) is 4.53. The molecule has 0 saturated carbocycles. The summed E-state index contributed by atoms with van der Waals surface area (Å²) in [5.41, 5.74) is 2.21. The average Bonchev–Trinajstić information content (AvgIpc) is 2.77. The van der Waals surface area contributed by atoms with Crippen LogP contribution in [0.3, 0.4) is 0 Å². The number of halogens is 1. The van der Waals surface area contributed by atoms with Gasteiger partial charge in [-0.05, 0) is 54.8 Å². The van der Waals surface area contributed by atoms with Crippen LogP contribution < -0.4 is 9.62 Å². The molecule has 31 heavy (non-hydrogen) atoms. The SMILES string of the molecule is Cc1ccc(S(=O)(=O)N(CC(=O)NCC(C)c2ccccc2)c2ccc(F)cc2)cc1. The van der Waals surface area contributed by atoms with Gasteiger partial charge in [-0.3, -0.25) is 9.10 Å². The zero-order valence-corrected chi connectivity index (χ0v) is 18.3. The third-order valence-corrected chi connectivity index (χ3v) is 6.77. The van der Waals surface area contributed by atoms with Crippen LogP contribution in [0, 0.1) is 12.7 Å². The molecule has 7 heteroatoms. The third kappa shape index (κ3) is 5.70. The van der Waals surface area contributed by atoms with Gasteiger partial charge in [0.2, 0.25) is 5.91 Å². The molecule has 3 aromatic carbocycles. The molecular weight excluding hydrogens is 415 g/mol. The van der Waals surface area contributed by atoms with Gasteiger partial charge in [-0.2, -0.15) is 0 Å². The van der Waals surface area contributed by atoms with E-state index in [9.17, 15) is 17.6 Å². The van der Waals surface area contributed by atoms with Crippen LogP contribution in [-0.2, 0) is 14.8 Å². The number of amides is 1. The van der Waals surface area contributed by atoms with E-state index in [1.165, 1.54) is 36.4 Å². The highest BCUT2D eigenvalue weighted by atomic mass is 32.2. The van der Waals surface area contributed by atoms with Crippen LogP contribution in [0.2, 0.25) is 0 Å². The van der Waals surface area contributed by atoms with Crippen molar-refractivity contribution in [2.24, 2.45) is 0 Å². The van der Waals surface area contributed by atoms with Crippen LogP contribution in [0.15, 0.2) is 83.8 Å². The van der Waals surface area contributed by atoms with E-state index >= 15 is 0 Å². The molecule has 0 saturated heterocycles. The Morgan fingerprint density at radius 3 is 2.19 bits per heavy atom. The Morgan fingerprint density at radius 2 is 1.58 bits per heavy atom. The minimum atomic E-state index is -4.02. The summed E-state index contributed by atoms with van der Waals surface area (Å²) in [6.07, 6.45) is 0. The molecule has 162 valence electrons. The van der Waals surface area contributed by atoms with Gasteiger partial charge in [0.1, 0.15) is 12.4 Å². The van der Waals surface area contributed by atoms with Gasteiger partial charge in [-0.1, -0.05) is 55.0 Å². The van der Waals surface area contributed by atoms with E-state index in [4.69, 9.17) is 0 Å². The minimum absolute atomic E-state index is 0.0629. The number of aryl methyl sites for hydroxylation is 1. The lowest BCUT2D eigenvalue weighted by Crippen LogP contribution is -2.41. The Morgan fingerprint density at radius 1 is 0.968 bits per heavy atom. The van der Waals surface area contributed by atoms with E-state index < -0.39 is 28.3 Å². The molecule has 0 fully saturated rings. The van der Waals surface area contributed by atoms with E-state index in [1.807, 2.05) is 44.2 Å². The number of nitrogens with one attached hydrogen (secondary N) is 1. The number of carbonyl (C=O) groups is 1. The van der Waals surface area contributed by atoms with Crippen LogP contribution in [0.5, 0.6) is 0 Å². The molecule has 0 aliphatic carbocycles. The second-order valence-corrected chi connectivity index (χ2v) is 9.28. The molecule has 0 spiro atoms. The summed E-state index contributed by atoms with van der Waals surface area (Å²) in [6, 6.07) is 21.1. The summed E-state index contributed by atoms with van der Waals surface area (Å²) in [5, 5.41) is 2.81. The fourth-order valence-electron chi connectivity index (χ4n) is 3.11. The third-order valence-electron chi connectivity index (χ3n) is 4.98. The van der Waals surface area contributed by atoms with Gasteiger partial charge in [0.25, 0.3) is 10.0 Å². The molecule has 1 atom stereocenters. The first-order valence-electron chi connectivity index (χ1n) is 9.94. The molecular formula is C24H25FN2O3S. The summed E-state index contributed by atoms with van der Waals surface area (Å²) in [7, 11) is -4.02. The van der Waals surface area contributed by atoms with Crippen molar-refractivity contribution < 1.29 is 17.6 Å². The molecule has 0 aliphatic heterocycles. The number of rotatable bonds is 8. The lowest BCUT2D eigenvalue weighted by Gasteiger charge is -2.24. The normalized spacial score (nSPS) is 12.2. The summed E-state index contributed by atoms with van der Waals surface area (Å²) < 4.78 is 41.0. The van der Waals surface area contributed by atoms with Crippen molar-refractivity contribution in [3.05, 3.63) is 95.8 Å². The van der Waals surface area contributed by atoms with Gasteiger partial charge in [0.15, 0.2) is 0 Å². The highest BCUT2D eigenvalue weighted by Gasteiger charge is 2.27. The van der Waals surface area contributed by atoms with Crippen molar-refractivity contribution in [3.8, 4) is 0 Å². The lowest BCUT2D eigenvalue weighted by atomic mass is 10.0. The molecule has 5 nitrogen and oxygen atoms in total. The zero-order chi connectivity index (χ0) is 22.4. The largest absolute Gasteiger partial charge is 0.354 e. The first-order chi connectivity index (χ1) is 14.8. The molecule has 0 heterocycles. The molecule has 3 aromatic rings. The van der Waals surface area contributed by atoms with Crippen molar-refractivity contribution in [2.45, 2.75) is 24.7 Å². The molecule has 0 bridgehead atoms. The maximum atomic E-state index is 13.4. The van der Waals surface area contributed by atoms with Crippen molar-refractivity contribution in [2.75, 3.05) is 17.4 Å². The van der Waals surface area contributed by atoms with Crippen molar-refractivity contribution in [3.63, 3.8) is 0 Å². The Hall–Kier alpha value is -3.19. The van der Waals surface area contributed by atoms with E-state index in [-0.39, 0.29) is 16.5 Å². The van der Waals surface area contributed by atoms with Gasteiger partial charge in [-0.25, -0.2) is 12.8 Å². The van der Waals surface area contributed by atoms with E-state index in [1.54, 1.807) is 12.1 Å². The molecule has 0 radical (unpaired) electrons. The summed E-state index contributed by atoms with van der Waals surface area (Å²) in [5.74, 6) is -0.863. The number of carbonyl (C=O) groups excluding carboxylic acids is 1. The van der Waals surface area contributed by atoms with E-state index in [2.05, 4.69) is 5.32 Å². The zero-order valence-electron chi connectivity index (χ0n) is 17.5. The second kappa shape index (κ2) is 9.75. The number of hydrogen-bond donors (Lipinski definition) is 1. The average molecular weight is 441 g/mol. The lowest BCUT2D eigenvalue weighted by molar-refractivity contribution is -0.119. The van der Waals surface area contributed by atoms with Crippen molar-refractivity contribution >= 4 is 21.6 Å². The highest BCUT2D eigenvalue weighted by molar-refractivity contribution is 7.92. The fraction of sp³-hybridized carbons (Fsp3) is 0.208. The predicted molar refractivity (Wildman–Crippen MR) is 120 cm³/mol. The van der Waals surface area contributed by atoms with Gasteiger partial charge in [0.05, 0.1) is 10.6 Å². The topological polar surface area (TPSA) is 66.5 Å². The van der Waals surface area contributed by atoms with E-state index in [0.717, 1.165) is 15.4 Å². The van der Waals surface area contributed by atoms with E-state index in [0.29, 0.717) is 6.54 Å². The quantitative estimate of drug-likeness (QED) is 0.570. The molecule has 1 N–H and O–H groups in total. The summed E-state index contributed by atoms with van der Waals surface area (Å²) in [4.78, 5) is 12.7. The summed E-state index contributed by atoms with van der Waals surface area (Å²) >= 11 is 0. The molecule has 3 rings (SSSR count). The monoisotopic (exact) mass is 440 g/mol. The van der Waals surface area contributed by atoms with Crippen molar-refractivity contribution in [1.29, 1.82) is 0 Å². The maximum Gasteiger partial charge on any atom is 0.264 e. The van der Waals surface area contributed by atoms with Gasteiger partial charge in [0, 0.05) is 6.54 Å². The van der Waals surface area contributed by atoms with Gasteiger partial charge >= 0.3 is 0 Å². The highest BCUT2D eigenvalue weighted by Crippen LogP contribution is 2.24. The summed E-state index contributed by atoms with van der Waals surface area (Å²) in [6.45, 7) is 3.79. The van der Waals surface area contributed by atoms with Crippen LogP contribution in [-0.4, -0.2) is 27.4 Å². The maximum absolute atomic E-state index is 13.4. The Bertz CT molecular complexity index is 1120. The van der Waals surface area contributed by atoms with Crippen LogP contribution >= 0.6 is 0 Å². The Kier molecular flexibility index (Phi) is 7.07. The predicted octanol–water partition coefficient (Wildman–Crippen LogP) is 4.25. The van der Waals surface area contributed by atoms with Crippen molar-refractivity contribution in [1.82, 2.24) is 5.32 Å². The van der Waals surface area contributed by atoms with Crippen LogP contribution in [0.4, 0.5) is 10.1 Å². The number of sulfonamides is 1. The molecule has 0 aromatic heterocycles. The smallest absolute Gasteiger partial charge is 0.264 e.